The molecule has 0 atom stereocenters. The summed E-state index contributed by atoms with van der Waals surface area (Å²) < 4.78 is 101. The molecular formula is C32H36F6O3. The molecule has 3 nitrogen and oxygen atoms in total. The minimum atomic E-state index is -3.59. The van der Waals surface area contributed by atoms with Crippen molar-refractivity contribution >= 4 is 6.08 Å². The van der Waals surface area contributed by atoms with Crippen molar-refractivity contribution in [3.05, 3.63) is 70.8 Å². The zero-order valence-electron chi connectivity index (χ0n) is 23.1. The van der Waals surface area contributed by atoms with Crippen LogP contribution in [-0.2, 0) is 9.47 Å². The molecule has 3 fully saturated rings. The highest BCUT2D eigenvalue weighted by atomic mass is 19.3. The highest BCUT2D eigenvalue weighted by Gasteiger charge is 2.45. The lowest BCUT2D eigenvalue weighted by molar-refractivity contribution is -0.224. The molecular weight excluding hydrogens is 546 g/mol. The van der Waals surface area contributed by atoms with Crippen LogP contribution in [0.15, 0.2) is 36.7 Å². The van der Waals surface area contributed by atoms with Gasteiger partial charge in [-0.1, -0.05) is 19.1 Å². The van der Waals surface area contributed by atoms with E-state index in [-0.39, 0.29) is 30.9 Å². The normalized spacial score (nSPS) is 29.5. The number of rotatable bonds is 7. The van der Waals surface area contributed by atoms with Crippen molar-refractivity contribution in [1.82, 2.24) is 0 Å². The lowest BCUT2D eigenvalue weighted by Crippen LogP contribution is -2.38. The molecule has 41 heavy (non-hydrogen) atoms. The lowest BCUT2D eigenvalue weighted by Gasteiger charge is -2.39. The van der Waals surface area contributed by atoms with E-state index >= 15 is 4.39 Å². The van der Waals surface area contributed by atoms with Crippen LogP contribution in [0.5, 0.6) is 5.75 Å². The Morgan fingerprint density at radius 1 is 0.805 bits per heavy atom. The maximum Gasteiger partial charge on any atom is 0.400 e. The number of benzene rings is 2. The molecule has 0 amide bonds. The van der Waals surface area contributed by atoms with Crippen molar-refractivity contribution in [2.45, 2.75) is 76.6 Å². The zero-order valence-corrected chi connectivity index (χ0v) is 23.1. The Bertz CT molecular complexity index is 1190. The van der Waals surface area contributed by atoms with Crippen molar-refractivity contribution in [2.24, 2.45) is 23.7 Å². The summed E-state index contributed by atoms with van der Waals surface area (Å²) in [4.78, 5) is 0. The highest BCUT2D eigenvalue weighted by molar-refractivity contribution is 5.51. The van der Waals surface area contributed by atoms with E-state index in [0.29, 0.717) is 73.1 Å². The second-order valence-electron chi connectivity index (χ2n) is 11.9. The second kappa shape index (κ2) is 12.8. The van der Waals surface area contributed by atoms with Crippen molar-refractivity contribution in [3.63, 3.8) is 0 Å². The van der Waals surface area contributed by atoms with Crippen LogP contribution in [-0.4, -0.2) is 19.3 Å². The number of hydrogen-bond acceptors (Lipinski definition) is 3. The Hall–Kier alpha value is -2.52. The van der Waals surface area contributed by atoms with Gasteiger partial charge in [-0.2, -0.15) is 8.78 Å². The Balaban J connectivity index is 1.11. The van der Waals surface area contributed by atoms with Gasteiger partial charge >= 0.3 is 6.11 Å². The molecule has 2 aromatic carbocycles. The molecule has 224 valence electrons. The van der Waals surface area contributed by atoms with Gasteiger partial charge in [-0.15, -0.1) is 0 Å². The van der Waals surface area contributed by atoms with E-state index in [9.17, 15) is 22.0 Å². The third-order valence-electron chi connectivity index (χ3n) is 9.02. The van der Waals surface area contributed by atoms with Crippen LogP contribution in [0.3, 0.4) is 0 Å². The molecule has 5 rings (SSSR count). The lowest BCUT2D eigenvalue weighted by atomic mass is 9.68. The molecule has 2 aromatic rings. The van der Waals surface area contributed by atoms with Gasteiger partial charge in [-0.25, -0.2) is 17.6 Å². The van der Waals surface area contributed by atoms with Gasteiger partial charge in [0.1, 0.15) is 23.2 Å². The maximum absolute atomic E-state index is 15.1. The first-order valence-electron chi connectivity index (χ1n) is 14.5. The summed E-state index contributed by atoms with van der Waals surface area (Å²) >= 11 is 0. The van der Waals surface area contributed by atoms with E-state index in [4.69, 9.17) is 14.2 Å². The van der Waals surface area contributed by atoms with Crippen LogP contribution in [0.25, 0.3) is 6.08 Å². The van der Waals surface area contributed by atoms with Crippen LogP contribution in [0.4, 0.5) is 26.3 Å². The van der Waals surface area contributed by atoms with Crippen molar-refractivity contribution in [2.75, 3.05) is 13.2 Å². The maximum atomic E-state index is 15.1. The van der Waals surface area contributed by atoms with E-state index in [1.165, 1.54) is 6.07 Å². The molecule has 0 aromatic heterocycles. The standard InChI is InChI=1S/C32H36F6O3/c1-19-17-39-31(40-18-19)23-8-11-26(28(34)14-23)22-4-2-20(3-5-22)21-6-9-24(10-7-21)32(37,38)41-25-15-29(35)27(12-13-33)30(36)16-25/h8,11-16,19-22,24,31H,2-7,9-10,17-18H2,1H3/b13-12+. The summed E-state index contributed by atoms with van der Waals surface area (Å²) in [5.41, 5.74) is 0.737. The van der Waals surface area contributed by atoms with E-state index in [1.54, 1.807) is 0 Å². The second-order valence-corrected chi connectivity index (χ2v) is 11.9. The number of halogens is 6. The van der Waals surface area contributed by atoms with Gasteiger partial charge in [-0.05, 0) is 86.8 Å². The Labute approximate surface area is 236 Å². The molecule has 9 heteroatoms. The molecule has 1 aliphatic heterocycles. The van der Waals surface area contributed by atoms with Crippen molar-refractivity contribution < 1.29 is 40.6 Å². The summed E-state index contributed by atoms with van der Waals surface area (Å²) in [6.07, 6.45) is 1.67. The van der Waals surface area contributed by atoms with Crippen molar-refractivity contribution in [1.29, 1.82) is 0 Å². The largest absolute Gasteiger partial charge is 0.432 e. The minimum absolute atomic E-state index is 0.0271. The zero-order chi connectivity index (χ0) is 29.1. The van der Waals surface area contributed by atoms with E-state index in [1.807, 2.05) is 19.1 Å². The highest BCUT2D eigenvalue weighted by Crippen LogP contribution is 2.47. The average Bonchev–Trinajstić information content (AvgIpc) is 2.95. The fraction of sp³-hybridized carbons (Fsp3) is 0.562. The predicted octanol–water partition coefficient (Wildman–Crippen LogP) is 9.48. The SMILES string of the molecule is CC1COC(c2ccc(C3CCC(C4CCC(C(F)(F)Oc5cc(F)c(/C=C/F)c(F)c5)CC4)CC3)c(F)c2)OC1. The quantitative estimate of drug-likeness (QED) is 0.305. The molecule has 0 radical (unpaired) electrons. The Morgan fingerprint density at radius 2 is 1.39 bits per heavy atom. The third-order valence-corrected chi connectivity index (χ3v) is 9.02. The minimum Gasteiger partial charge on any atom is -0.432 e. The molecule has 0 spiro atoms. The monoisotopic (exact) mass is 582 g/mol. The van der Waals surface area contributed by atoms with Crippen LogP contribution in [0.1, 0.15) is 87.2 Å². The molecule has 0 bridgehead atoms. The van der Waals surface area contributed by atoms with E-state index in [0.717, 1.165) is 25.7 Å². The van der Waals surface area contributed by atoms with Gasteiger partial charge in [0.05, 0.1) is 25.5 Å². The summed E-state index contributed by atoms with van der Waals surface area (Å²) in [7, 11) is 0. The molecule has 2 saturated carbocycles. The average molecular weight is 583 g/mol. The Morgan fingerprint density at radius 3 is 1.95 bits per heavy atom. The molecule has 0 unspecified atom stereocenters. The number of hydrogen-bond donors (Lipinski definition) is 0. The molecule has 1 saturated heterocycles. The van der Waals surface area contributed by atoms with Gasteiger partial charge in [0.2, 0.25) is 0 Å². The number of alkyl halides is 2. The molecule has 2 aliphatic carbocycles. The van der Waals surface area contributed by atoms with E-state index in [2.05, 4.69) is 0 Å². The molecule has 0 N–H and O–H groups in total. The topological polar surface area (TPSA) is 27.7 Å². The summed E-state index contributed by atoms with van der Waals surface area (Å²) in [5, 5.41) is 0. The fourth-order valence-corrected chi connectivity index (χ4v) is 6.72. The van der Waals surface area contributed by atoms with Gasteiger partial charge in [0.15, 0.2) is 6.29 Å². The third kappa shape index (κ3) is 6.94. The van der Waals surface area contributed by atoms with Crippen LogP contribution in [0, 0.1) is 41.1 Å². The molecule has 3 aliphatic rings. The molecule has 1 heterocycles. The summed E-state index contributed by atoms with van der Waals surface area (Å²) in [6.45, 7) is 3.20. The first-order valence-corrected chi connectivity index (χ1v) is 14.5. The summed E-state index contributed by atoms with van der Waals surface area (Å²) in [6, 6.07) is 6.53. The smallest absolute Gasteiger partial charge is 0.400 e. The van der Waals surface area contributed by atoms with Gasteiger partial charge in [-0.3, -0.25) is 0 Å². The van der Waals surface area contributed by atoms with Gasteiger partial charge < -0.3 is 14.2 Å². The fourth-order valence-electron chi connectivity index (χ4n) is 6.72. The first kappa shape index (κ1) is 30.0. The van der Waals surface area contributed by atoms with Crippen molar-refractivity contribution in [3.8, 4) is 5.75 Å². The van der Waals surface area contributed by atoms with Gasteiger partial charge in [0, 0.05) is 29.2 Å². The van der Waals surface area contributed by atoms with E-state index < -0.39 is 41.3 Å². The predicted molar refractivity (Wildman–Crippen MR) is 142 cm³/mol. The van der Waals surface area contributed by atoms with Crippen LogP contribution < -0.4 is 4.74 Å². The van der Waals surface area contributed by atoms with Gasteiger partial charge in [0.25, 0.3) is 0 Å². The Kier molecular flexibility index (Phi) is 9.33. The summed E-state index contributed by atoms with van der Waals surface area (Å²) in [5.74, 6) is -3.16. The first-order chi connectivity index (χ1) is 19.6. The number of ether oxygens (including phenoxy) is 3. The van der Waals surface area contributed by atoms with Crippen LogP contribution >= 0.6 is 0 Å². The van der Waals surface area contributed by atoms with Crippen LogP contribution in [0.2, 0.25) is 0 Å².